The number of fused-ring (bicyclic) bond motifs is 1. The quantitative estimate of drug-likeness (QED) is 0.431. The summed E-state index contributed by atoms with van der Waals surface area (Å²) in [7, 11) is 0. The lowest BCUT2D eigenvalue weighted by atomic mass is 10.0. The number of piperidine rings is 1. The number of ether oxygens (including phenoxy) is 1. The minimum Gasteiger partial charge on any atom is -0.488 e. The highest BCUT2D eigenvalue weighted by atomic mass is 35.5. The fourth-order valence-electron chi connectivity index (χ4n) is 4.24. The van der Waals surface area contributed by atoms with Gasteiger partial charge in [0.2, 0.25) is 5.82 Å². The fraction of sp³-hybridized carbons (Fsp3) is 0.292. The van der Waals surface area contributed by atoms with Gasteiger partial charge in [0.25, 0.3) is 5.56 Å². The molecule has 4 aromatic rings. The van der Waals surface area contributed by atoms with Crippen molar-refractivity contribution in [1.29, 1.82) is 0 Å². The molecule has 1 atom stereocenters. The summed E-state index contributed by atoms with van der Waals surface area (Å²) in [6.45, 7) is 3.69. The van der Waals surface area contributed by atoms with Crippen molar-refractivity contribution in [2.75, 3.05) is 13.1 Å². The zero-order valence-corrected chi connectivity index (χ0v) is 19.9. The van der Waals surface area contributed by atoms with Crippen LogP contribution in [-0.2, 0) is 6.54 Å². The lowest BCUT2D eigenvalue weighted by Crippen LogP contribution is -2.37. The summed E-state index contributed by atoms with van der Waals surface area (Å²) in [4.78, 5) is 31.6. The second kappa shape index (κ2) is 9.32. The van der Waals surface area contributed by atoms with Crippen LogP contribution in [-0.4, -0.2) is 33.7 Å². The zero-order valence-electron chi connectivity index (χ0n) is 18.4. The Bertz CT molecular complexity index is 1490. The Kier molecular flexibility index (Phi) is 6.24. The van der Waals surface area contributed by atoms with E-state index in [9.17, 15) is 14.0 Å². The largest absolute Gasteiger partial charge is 0.488 e. The van der Waals surface area contributed by atoms with Crippen LogP contribution in [0.3, 0.4) is 0 Å². The van der Waals surface area contributed by atoms with Crippen molar-refractivity contribution in [1.82, 2.24) is 19.9 Å². The molecule has 0 spiro atoms. The third-order valence-electron chi connectivity index (χ3n) is 5.86. The third-order valence-corrected chi connectivity index (χ3v) is 7.22. The number of aryl methyl sites for hydroxylation is 1. The molecule has 5 rings (SSSR count). The average Bonchev–Trinajstić information content (AvgIpc) is 3.24. The number of nitrogens with one attached hydrogen (secondary N) is 2. The smallest absolute Gasteiger partial charge is 0.328 e. The van der Waals surface area contributed by atoms with Crippen molar-refractivity contribution < 1.29 is 9.13 Å². The molecular formula is C24H22ClFN4O3S. The molecule has 7 nitrogen and oxygen atoms in total. The van der Waals surface area contributed by atoms with Gasteiger partial charge < -0.3 is 15.0 Å². The minimum absolute atomic E-state index is 0.0575. The first-order valence-electron chi connectivity index (χ1n) is 10.9. The molecule has 176 valence electrons. The molecule has 3 aromatic heterocycles. The number of aromatic nitrogens is 3. The number of thiophene rings is 1. The van der Waals surface area contributed by atoms with E-state index in [4.69, 9.17) is 16.3 Å². The third kappa shape index (κ3) is 4.38. The van der Waals surface area contributed by atoms with Gasteiger partial charge in [-0.15, -0.1) is 11.3 Å². The molecule has 1 aliphatic heterocycles. The van der Waals surface area contributed by atoms with E-state index in [2.05, 4.69) is 15.3 Å². The minimum atomic E-state index is -1.01. The van der Waals surface area contributed by atoms with Gasteiger partial charge in [0, 0.05) is 40.0 Å². The monoisotopic (exact) mass is 500 g/mol. The van der Waals surface area contributed by atoms with Gasteiger partial charge >= 0.3 is 5.69 Å². The van der Waals surface area contributed by atoms with E-state index in [1.807, 2.05) is 31.2 Å². The normalized spacial score (nSPS) is 16.1. The Morgan fingerprint density at radius 1 is 1.29 bits per heavy atom. The number of halogens is 2. The van der Waals surface area contributed by atoms with Gasteiger partial charge in [-0.3, -0.25) is 14.3 Å². The van der Waals surface area contributed by atoms with E-state index in [1.165, 1.54) is 11.3 Å². The van der Waals surface area contributed by atoms with Crippen LogP contribution >= 0.6 is 22.9 Å². The Morgan fingerprint density at radius 3 is 2.94 bits per heavy atom. The first kappa shape index (κ1) is 22.8. The van der Waals surface area contributed by atoms with Crippen molar-refractivity contribution in [2.45, 2.75) is 32.4 Å². The molecule has 0 bridgehead atoms. The van der Waals surface area contributed by atoms with E-state index in [0.29, 0.717) is 15.4 Å². The molecule has 10 heteroatoms. The summed E-state index contributed by atoms with van der Waals surface area (Å²) in [6, 6.07) is 7.48. The number of aromatic amines is 1. The van der Waals surface area contributed by atoms with Crippen LogP contribution in [0.1, 0.15) is 23.3 Å². The lowest BCUT2D eigenvalue weighted by Gasteiger charge is -2.26. The molecule has 0 aliphatic carbocycles. The number of nitrogens with zero attached hydrogens (tertiary/aromatic N) is 2. The summed E-state index contributed by atoms with van der Waals surface area (Å²) in [5.41, 5.74) is 1.77. The van der Waals surface area contributed by atoms with Crippen LogP contribution in [0.25, 0.3) is 21.3 Å². The molecule has 0 saturated carbocycles. The number of rotatable bonds is 5. The molecule has 4 heterocycles. The van der Waals surface area contributed by atoms with Crippen molar-refractivity contribution in [3.05, 3.63) is 78.8 Å². The second-order valence-electron chi connectivity index (χ2n) is 8.30. The lowest BCUT2D eigenvalue weighted by molar-refractivity contribution is 0.167. The van der Waals surface area contributed by atoms with Crippen molar-refractivity contribution in [2.24, 2.45) is 0 Å². The number of hydrogen-bond acceptors (Lipinski definition) is 6. The van der Waals surface area contributed by atoms with Gasteiger partial charge in [0.15, 0.2) is 0 Å². The Labute approximate surface area is 203 Å². The molecule has 0 unspecified atom stereocenters. The molecular weight excluding hydrogens is 479 g/mol. The molecule has 1 aromatic carbocycles. The summed E-state index contributed by atoms with van der Waals surface area (Å²) >= 11 is 7.83. The maximum Gasteiger partial charge on any atom is 0.328 e. The zero-order chi connectivity index (χ0) is 23.8. The molecule has 1 aliphatic rings. The number of H-pyrrole nitrogens is 1. The van der Waals surface area contributed by atoms with Gasteiger partial charge in [0.1, 0.15) is 11.9 Å². The van der Waals surface area contributed by atoms with E-state index < -0.39 is 17.1 Å². The molecule has 0 radical (unpaired) electrons. The average molecular weight is 501 g/mol. The van der Waals surface area contributed by atoms with Gasteiger partial charge in [-0.2, -0.15) is 4.39 Å². The maximum absolute atomic E-state index is 13.7. The standard InChI is InChI=1S/C24H22ClFN4O3S/c1-13-7-14(25)8-18(21(13)33-15-3-2-5-27-10-15)17-4-6-28-20-9-16(34-22(17)20)12-30-23(31)19(26)11-29-24(30)32/h4,6-9,11,15,27H,2-3,5,10,12H2,1H3,(H,29,32)/t15-/m0/s1. The van der Waals surface area contributed by atoms with Crippen LogP contribution in [0.4, 0.5) is 4.39 Å². The van der Waals surface area contributed by atoms with Crippen LogP contribution in [0.5, 0.6) is 5.75 Å². The van der Waals surface area contributed by atoms with Crippen molar-refractivity contribution in [3.8, 4) is 16.9 Å². The van der Waals surface area contributed by atoms with Crippen LogP contribution in [0, 0.1) is 12.7 Å². The predicted molar refractivity (Wildman–Crippen MR) is 132 cm³/mol. The number of pyridine rings is 1. The highest BCUT2D eigenvalue weighted by Gasteiger charge is 2.21. The molecule has 1 saturated heterocycles. The number of benzene rings is 1. The van der Waals surface area contributed by atoms with Gasteiger partial charge in [-0.05, 0) is 56.1 Å². The van der Waals surface area contributed by atoms with Gasteiger partial charge in [0.05, 0.1) is 16.8 Å². The number of hydrogen-bond donors (Lipinski definition) is 2. The topological polar surface area (TPSA) is 89.0 Å². The summed E-state index contributed by atoms with van der Waals surface area (Å²) in [5, 5.41) is 3.97. The van der Waals surface area contributed by atoms with Gasteiger partial charge in [-0.1, -0.05) is 11.6 Å². The van der Waals surface area contributed by atoms with E-state index >= 15 is 0 Å². The Hall–Kier alpha value is -3.01. The predicted octanol–water partition coefficient (Wildman–Crippen LogP) is 4.09. The van der Waals surface area contributed by atoms with E-state index in [0.717, 1.165) is 63.8 Å². The van der Waals surface area contributed by atoms with Crippen LogP contribution in [0.15, 0.2) is 46.2 Å². The molecule has 2 N–H and O–H groups in total. The first-order chi connectivity index (χ1) is 16.4. The van der Waals surface area contributed by atoms with E-state index in [-0.39, 0.29) is 12.6 Å². The maximum atomic E-state index is 13.7. The SMILES string of the molecule is Cc1cc(Cl)cc(-c2ccnc3cc(Cn4c(=O)[nH]cc(F)c4=O)sc23)c1O[C@H]1CCCNC1. The summed E-state index contributed by atoms with van der Waals surface area (Å²) < 4.78 is 21.9. The highest BCUT2D eigenvalue weighted by Crippen LogP contribution is 2.42. The Morgan fingerprint density at radius 2 is 2.15 bits per heavy atom. The van der Waals surface area contributed by atoms with Crippen LogP contribution in [0.2, 0.25) is 5.02 Å². The van der Waals surface area contributed by atoms with Crippen LogP contribution < -0.4 is 21.3 Å². The van der Waals surface area contributed by atoms with Crippen molar-refractivity contribution in [3.63, 3.8) is 0 Å². The van der Waals surface area contributed by atoms with Gasteiger partial charge in [-0.25, -0.2) is 4.79 Å². The molecule has 34 heavy (non-hydrogen) atoms. The molecule has 1 fully saturated rings. The molecule has 0 amide bonds. The first-order valence-corrected chi connectivity index (χ1v) is 12.1. The van der Waals surface area contributed by atoms with Crippen molar-refractivity contribution >= 4 is 33.2 Å². The highest BCUT2D eigenvalue weighted by molar-refractivity contribution is 7.19. The Balaban J connectivity index is 1.59. The van der Waals surface area contributed by atoms with E-state index in [1.54, 1.807) is 6.20 Å². The summed E-state index contributed by atoms with van der Waals surface area (Å²) in [5.74, 6) is -0.230. The summed E-state index contributed by atoms with van der Waals surface area (Å²) in [6.07, 6.45) is 4.57. The second-order valence-corrected chi connectivity index (χ2v) is 9.88. The fourth-order valence-corrected chi connectivity index (χ4v) is 5.64.